The second-order valence-corrected chi connectivity index (χ2v) is 14.2. The monoisotopic (exact) mass is 708 g/mol. The number of benzene rings is 1. The van der Waals surface area contributed by atoms with Gasteiger partial charge < -0.3 is 13.3 Å². The Balaban J connectivity index is 1.38. The van der Waals surface area contributed by atoms with Crippen LogP contribution in [0.5, 0.6) is 0 Å². The van der Waals surface area contributed by atoms with Gasteiger partial charge in [0.25, 0.3) is 0 Å². The Morgan fingerprint density at radius 1 is 0.389 bits per heavy atom. The van der Waals surface area contributed by atoms with Crippen LogP contribution in [0.15, 0.2) is 119 Å². The Kier molecular flexibility index (Phi) is 9.67. The van der Waals surface area contributed by atoms with Crippen molar-refractivity contribution in [3.8, 4) is 69.5 Å². The lowest BCUT2D eigenvalue weighted by Gasteiger charge is -2.02. The molecule has 0 spiro atoms. The molecule has 0 atom stereocenters. The summed E-state index contributed by atoms with van der Waals surface area (Å²) in [6, 6.07) is 28.0. The normalized spacial score (nSPS) is 11.1. The molecule has 6 aliphatic rings. The van der Waals surface area contributed by atoms with E-state index in [1.54, 1.807) is 36.4 Å². The summed E-state index contributed by atoms with van der Waals surface area (Å²) in [5, 5.41) is 0. The zero-order valence-electron chi connectivity index (χ0n) is 30.8. The van der Waals surface area contributed by atoms with Gasteiger partial charge in [-0.3, -0.25) is 0 Å². The second-order valence-electron chi connectivity index (χ2n) is 14.2. The van der Waals surface area contributed by atoms with Gasteiger partial charge in [0.1, 0.15) is 34.0 Å². The van der Waals surface area contributed by atoms with Crippen LogP contribution < -0.4 is 16.9 Å². The van der Waals surface area contributed by atoms with Crippen molar-refractivity contribution in [3.05, 3.63) is 172 Å². The SMILES string of the molecule is CC(C)c1cccc2oc(=O)c(C#Cc3cc(C#Cc4c5cc(C(C)C)cccc-5oc4=O)cc(C#Cc4c5cc(C(C)C)cccc-5oc4=O)c3)c-2c1. The first-order chi connectivity index (χ1) is 25.9. The average Bonchev–Trinajstić information content (AvgIpc) is 3.44. The van der Waals surface area contributed by atoms with Gasteiger partial charge in [-0.15, -0.1) is 0 Å². The van der Waals surface area contributed by atoms with E-state index in [4.69, 9.17) is 13.3 Å². The molecule has 264 valence electrons. The van der Waals surface area contributed by atoms with Crippen LogP contribution in [-0.2, 0) is 0 Å². The van der Waals surface area contributed by atoms with Crippen molar-refractivity contribution in [1.82, 2.24) is 0 Å². The molecule has 0 amide bonds. The number of hydrogen-bond acceptors (Lipinski definition) is 6. The minimum absolute atomic E-state index is 0.228. The fraction of sp³-hybridized carbons (Fsp3) is 0.188. The van der Waals surface area contributed by atoms with Crippen LogP contribution in [0.3, 0.4) is 0 Å². The van der Waals surface area contributed by atoms with Crippen molar-refractivity contribution < 1.29 is 13.3 Å². The van der Waals surface area contributed by atoms with E-state index in [1.807, 2.05) is 54.6 Å². The van der Waals surface area contributed by atoms with Gasteiger partial charge in [0.15, 0.2) is 0 Å². The molecule has 7 rings (SSSR count). The minimum atomic E-state index is -0.526. The molecule has 6 nitrogen and oxygen atoms in total. The maximum atomic E-state index is 13.0. The lowest BCUT2D eigenvalue weighted by atomic mass is 10.0. The van der Waals surface area contributed by atoms with Gasteiger partial charge in [0.05, 0.1) is 0 Å². The van der Waals surface area contributed by atoms with Crippen LogP contribution in [-0.4, -0.2) is 0 Å². The summed E-state index contributed by atoms with van der Waals surface area (Å²) in [7, 11) is 0. The van der Waals surface area contributed by atoms with Crippen LogP contribution in [0.25, 0.3) is 34.0 Å². The first-order valence-corrected chi connectivity index (χ1v) is 17.9. The lowest BCUT2D eigenvalue weighted by molar-refractivity contribution is 0.543. The quantitative estimate of drug-likeness (QED) is 0.170. The van der Waals surface area contributed by atoms with Gasteiger partial charge in [-0.25, -0.2) is 14.4 Å². The standard InChI is InChI=1S/C48H36O6/c1-28(2)34-10-7-13-43-40(25-34)37(46(49)52-43)19-16-31-22-32(17-20-38-41-26-35(29(3)4)11-8-14-44(41)53-47(38)50)24-33(23-31)18-21-39-42-27-36(30(5)6)12-9-15-45(42)54-48(39)51/h7-15,22-30H,1-6H3. The smallest absolute Gasteiger partial charge is 0.352 e. The van der Waals surface area contributed by atoms with Crippen LogP contribution in [0.4, 0.5) is 0 Å². The maximum Gasteiger partial charge on any atom is 0.352 e. The minimum Gasteiger partial charge on any atom is -0.422 e. The van der Waals surface area contributed by atoms with E-state index in [0.29, 0.717) is 50.7 Å². The van der Waals surface area contributed by atoms with E-state index in [2.05, 4.69) is 77.1 Å². The van der Waals surface area contributed by atoms with Crippen molar-refractivity contribution >= 4 is 0 Å². The second kappa shape index (κ2) is 14.7. The van der Waals surface area contributed by atoms with Crippen molar-refractivity contribution in [2.24, 2.45) is 0 Å². The van der Waals surface area contributed by atoms with Crippen molar-refractivity contribution in [2.75, 3.05) is 0 Å². The van der Waals surface area contributed by atoms with E-state index in [9.17, 15) is 14.4 Å². The molecule has 0 radical (unpaired) electrons. The third-order valence-corrected chi connectivity index (χ3v) is 9.30. The van der Waals surface area contributed by atoms with E-state index in [0.717, 1.165) is 16.7 Å². The number of fused-ring (bicyclic) bond motifs is 3. The van der Waals surface area contributed by atoms with Crippen molar-refractivity contribution in [2.45, 2.75) is 59.3 Å². The Hall–Kier alpha value is -6.81. The van der Waals surface area contributed by atoms with E-state index < -0.39 is 16.9 Å². The topological polar surface area (TPSA) is 90.6 Å². The van der Waals surface area contributed by atoms with E-state index in [-0.39, 0.29) is 34.4 Å². The fourth-order valence-electron chi connectivity index (χ4n) is 6.18. The zero-order chi connectivity index (χ0) is 38.1. The lowest BCUT2D eigenvalue weighted by Crippen LogP contribution is -1.97. The Morgan fingerprint density at radius 2 is 0.667 bits per heavy atom. The Bertz CT molecular complexity index is 2520. The van der Waals surface area contributed by atoms with Crippen LogP contribution >= 0.6 is 0 Å². The maximum absolute atomic E-state index is 13.0. The Morgan fingerprint density at radius 3 is 0.926 bits per heavy atom. The molecular formula is C48H36O6. The highest BCUT2D eigenvalue weighted by molar-refractivity contribution is 5.72. The molecule has 0 N–H and O–H groups in total. The van der Waals surface area contributed by atoms with Crippen LogP contribution in [0.1, 0.15) is 109 Å². The summed E-state index contributed by atoms with van der Waals surface area (Å²) in [6.07, 6.45) is 0. The highest BCUT2D eigenvalue weighted by Gasteiger charge is 2.19. The summed E-state index contributed by atoms with van der Waals surface area (Å²) in [6.45, 7) is 12.5. The molecule has 1 aromatic rings. The van der Waals surface area contributed by atoms with Crippen molar-refractivity contribution in [3.63, 3.8) is 0 Å². The summed E-state index contributed by atoms with van der Waals surface area (Å²) in [5.74, 6) is 20.6. The first-order valence-electron chi connectivity index (χ1n) is 17.9. The van der Waals surface area contributed by atoms with Crippen LogP contribution in [0.2, 0.25) is 0 Å². The molecule has 0 saturated carbocycles. The molecule has 0 unspecified atom stereocenters. The fourth-order valence-corrected chi connectivity index (χ4v) is 6.18. The van der Waals surface area contributed by atoms with E-state index >= 15 is 0 Å². The molecular weight excluding hydrogens is 673 g/mol. The van der Waals surface area contributed by atoms with Crippen molar-refractivity contribution in [1.29, 1.82) is 0 Å². The van der Waals surface area contributed by atoms with Crippen LogP contribution in [0, 0.1) is 35.5 Å². The van der Waals surface area contributed by atoms with Gasteiger partial charge >= 0.3 is 16.9 Å². The molecule has 0 fully saturated rings. The van der Waals surface area contributed by atoms with E-state index in [1.165, 1.54) is 0 Å². The molecule has 0 bridgehead atoms. The van der Waals surface area contributed by atoms with Gasteiger partial charge in [0, 0.05) is 33.4 Å². The molecule has 0 saturated heterocycles. The summed E-state index contributed by atoms with van der Waals surface area (Å²) < 4.78 is 16.7. The number of hydrogen-bond donors (Lipinski definition) is 0. The zero-order valence-corrected chi connectivity index (χ0v) is 30.8. The molecule has 0 aromatic heterocycles. The molecule has 3 heterocycles. The highest BCUT2D eigenvalue weighted by atomic mass is 16.4. The van der Waals surface area contributed by atoms with Gasteiger partial charge in [-0.05, 0) is 89.0 Å². The number of furan rings is 3. The third kappa shape index (κ3) is 7.27. The largest absolute Gasteiger partial charge is 0.422 e. The first kappa shape index (κ1) is 35.6. The molecule has 3 aliphatic carbocycles. The average molecular weight is 709 g/mol. The predicted molar refractivity (Wildman–Crippen MR) is 211 cm³/mol. The summed E-state index contributed by atoms with van der Waals surface area (Å²) in [4.78, 5) is 39.0. The molecule has 54 heavy (non-hydrogen) atoms. The molecule has 3 aliphatic heterocycles. The highest BCUT2D eigenvalue weighted by Crippen LogP contribution is 2.29. The summed E-state index contributed by atoms with van der Waals surface area (Å²) >= 11 is 0. The van der Waals surface area contributed by atoms with Gasteiger partial charge in [0.2, 0.25) is 0 Å². The predicted octanol–water partition coefficient (Wildman–Crippen LogP) is 9.43. The molecule has 6 heteroatoms. The Labute approximate surface area is 313 Å². The summed E-state index contributed by atoms with van der Waals surface area (Å²) in [5.41, 5.74) is 5.73. The van der Waals surface area contributed by atoms with Gasteiger partial charge in [-0.2, -0.15) is 0 Å². The third-order valence-electron chi connectivity index (χ3n) is 9.30. The van der Waals surface area contributed by atoms with Gasteiger partial charge in [-0.1, -0.05) is 113 Å². The number of rotatable bonds is 3. The molecule has 1 aromatic carbocycles.